The van der Waals surface area contributed by atoms with Gasteiger partial charge in [-0.2, -0.15) is 0 Å². The zero-order valence-electron chi connectivity index (χ0n) is 19.1. The van der Waals surface area contributed by atoms with Gasteiger partial charge in [-0.05, 0) is 61.6 Å². The molecule has 0 atom stereocenters. The van der Waals surface area contributed by atoms with Gasteiger partial charge in [0.1, 0.15) is 5.75 Å². The van der Waals surface area contributed by atoms with Crippen LogP contribution in [0.5, 0.6) is 0 Å². The van der Waals surface area contributed by atoms with Crippen molar-refractivity contribution in [1.29, 1.82) is 0 Å². The summed E-state index contributed by atoms with van der Waals surface area (Å²) in [6.07, 6.45) is 3.56. The van der Waals surface area contributed by atoms with Gasteiger partial charge in [-0.3, -0.25) is 14.3 Å². The molecule has 3 N–H and O–H groups in total. The Morgan fingerprint density at radius 3 is 2.30 bits per heavy atom. The molecule has 0 radical (unpaired) electrons. The number of anilines is 3. The van der Waals surface area contributed by atoms with E-state index >= 15 is 0 Å². The number of carbonyl (C=O) groups excluding carboxylic acids is 2. The van der Waals surface area contributed by atoms with Crippen molar-refractivity contribution in [3.8, 4) is 0 Å². The third kappa shape index (κ3) is 7.49. The predicted octanol–water partition coefficient (Wildman–Crippen LogP) is 3.44. The molecule has 0 saturated carbocycles. The molecule has 1 saturated heterocycles. The van der Waals surface area contributed by atoms with E-state index in [1.54, 1.807) is 36.4 Å². The van der Waals surface area contributed by atoms with Crippen LogP contribution in [0.15, 0.2) is 48.5 Å². The number of para-hydroxylation sites is 1. The van der Waals surface area contributed by atoms with Crippen LogP contribution in [0.1, 0.15) is 43.5 Å². The molecule has 2 aromatic rings. The van der Waals surface area contributed by atoms with Crippen LogP contribution in [0.3, 0.4) is 0 Å². The fraction of sp³-hybridized carbons (Fsp3) is 0.417. The number of hydrogen-bond acceptors (Lipinski definition) is 5. The zero-order chi connectivity index (χ0) is 23.8. The molecule has 1 aliphatic rings. The average Bonchev–Trinajstić information content (AvgIpc) is 2.78. The van der Waals surface area contributed by atoms with Gasteiger partial charge in [0.05, 0.1) is 11.3 Å². The van der Waals surface area contributed by atoms with Crippen molar-refractivity contribution < 1.29 is 18.0 Å². The Bertz CT molecular complexity index is 1060. The SMILES string of the molecule is CC(C)CNC(=O)c1ccccc1NC(=O)CS(=O)(=O)Nc1ccc(N2CCCCC2)cc1. The van der Waals surface area contributed by atoms with Crippen LogP contribution in [0.25, 0.3) is 0 Å². The van der Waals surface area contributed by atoms with Crippen LogP contribution < -0.4 is 20.3 Å². The van der Waals surface area contributed by atoms with E-state index in [1.165, 1.54) is 6.42 Å². The van der Waals surface area contributed by atoms with Crippen LogP contribution in [-0.2, 0) is 14.8 Å². The molecule has 0 unspecified atom stereocenters. The van der Waals surface area contributed by atoms with Gasteiger partial charge in [-0.25, -0.2) is 8.42 Å². The predicted molar refractivity (Wildman–Crippen MR) is 132 cm³/mol. The van der Waals surface area contributed by atoms with Gasteiger partial charge in [0.15, 0.2) is 0 Å². The minimum Gasteiger partial charge on any atom is -0.372 e. The molecule has 33 heavy (non-hydrogen) atoms. The summed E-state index contributed by atoms with van der Waals surface area (Å²) in [5, 5.41) is 5.34. The van der Waals surface area contributed by atoms with Crippen molar-refractivity contribution >= 4 is 38.9 Å². The smallest absolute Gasteiger partial charge is 0.253 e. The standard InChI is InChI=1S/C24H32N4O4S/c1-18(2)16-25-24(30)21-8-4-5-9-22(21)26-23(29)17-33(31,32)27-19-10-12-20(13-11-19)28-14-6-3-7-15-28/h4-5,8-13,18,27H,3,6-7,14-17H2,1-2H3,(H,25,30)(H,26,29). The third-order valence-corrected chi connectivity index (χ3v) is 6.49. The van der Waals surface area contributed by atoms with E-state index in [1.807, 2.05) is 26.0 Å². The highest BCUT2D eigenvalue weighted by molar-refractivity contribution is 7.93. The van der Waals surface area contributed by atoms with E-state index < -0.39 is 21.7 Å². The topological polar surface area (TPSA) is 108 Å². The third-order valence-electron chi connectivity index (χ3n) is 5.30. The van der Waals surface area contributed by atoms with Gasteiger partial charge in [0, 0.05) is 31.0 Å². The van der Waals surface area contributed by atoms with Gasteiger partial charge in [-0.15, -0.1) is 0 Å². The van der Waals surface area contributed by atoms with Crippen molar-refractivity contribution in [1.82, 2.24) is 5.32 Å². The quantitative estimate of drug-likeness (QED) is 0.518. The van der Waals surface area contributed by atoms with Crippen molar-refractivity contribution in [3.05, 3.63) is 54.1 Å². The van der Waals surface area contributed by atoms with E-state index in [-0.39, 0.29) is 23.1 Å². The maximum atomic E-state index is 12.5. The van der Waals surface area contributed by atoms with E-state index in [9.17, 15) is 18.0 Å². The maximum Gasteiger partial charge on any atom is 0.253 e. The lowest BCUT2D eigenvalue weighted by molar-refractivity contribution is -0.113. The molecule has 8 nitrogen and oxygen atoms in total. The number of rotatable bonds is 9. The number of nitrogens with one attached hydrogen (secondary N) is 3. The fourth-order valence-electron chi connectivity index (χ4n) is 3.65. The molecule has 2 amide bonds. The van der Waals surface area contributed by atoms with Crippen LogP contribution in [0.2, 0.25) is 0 Å². The Labute approximate surface area is 195 Å². The lowest BCUT2D eigenvalue weighted by Crippen LogP contribution is -2.30. The van der Waals surface area contributed by atoms with E-state index in [0.717, 1.165) is 31.6 Å². The molecule has 0 bridgehead atoms. The summed E-state index contributed by atoms with van der Waals surface area (Å²) >= 11 is 0. The molecule has 0 aliphatic carbocycles. The highest BCUT2D eigenvalue weighted by atomic mass is 32.2. The van der Waals surface area contributed by atoms with Crippen molar-refractivity contribution in [2.75, 3.05) is 40.3 Å². The average molecular weight is 473 g/mol. The van der Waals surface area contributed by atoms with Gasteiger partial charge in [-0.1, -0.05) is 26.0 Å². The van der Waals surface area contributed by atoms with Gasteiger partial charge < -0.3 is 15.5 Å². The van der Waals surface area contributed by atoms with E-state index in [0.29, 0.717) is 12.2 Å². The second kappa shape index (κ2) is 11.2. The second-order valence-corrected chi connectivity index (χ2v) is 10.4. The van der Waals surface area contributed by atoms with Crippen LogP contribution >= 0.6 is 0 Å². The van der Waals surface area contributed by atoms with E-state index in [2.05, 4.69) is 20.3 Å². The first-order valence-electron chi connectivity index (χ1n) is 11.3. The first kappa shape index (κ1) is 24.6. The second-order valence-electron chi connectivity index (χ2n) is 8.65. The van der Waals surface area contributed by atoms with Crippen LogP contribution in [0, 0.1) is 5.92 Å². The number of sulfonamides is 1. The van der Waals surface area contributed by atoms with Crippen molar-refractivity contribution in [3.63, 3.8) is 0 Å². The molecule has 3 rings (SSSR count). The summed E-state index contributed by atoms with van der Waals surface area (Å²) in [5.41, 5.74) is 2.01. The number of benzene rings is 2. The molecule has 1 fully saturated rings. The molecular weight excluding hydrogens is 440 g/mol. The Balaban J connectivity index is 1.59. The molecule has 0 spiro atoms. The highest BCUT2D eigenvalue weighted by Crippen LogP contribution is 2.22. The van der Waals surface area contributed by atoms with Gasteiger partial charge >= 0.3 is 0 Å². The highest BCUT2D eigenvalue weighted by Gasteiger charge is 2.19. The molecule has 9 heteroatoms. The maximum absolute atomic E-state index is 12.5. The lowest BCUT2D eigenvalue weighted by Gasteiger charge is -2.28. The van der Waals surface area contributed by atoms with E-state index in [4.69, 9.17) is 0 Å². The monoisotopic (exact) mass is 472 g/mol. The molecule has 0 aromatic heterocycles. The largest absolute Gasteiger partial charge is 0.372 e. The molecule has 178 valence electrons. The Kier molecular flexibility index (Phi) is 8.32. The summed E-state index contributed by atoms with van der Waals surface area (Å²) < 4.78 is 27.5. The zero-order valence-corrected chi connectivity index (χ0v) is 20.0. The van der Waals surface area contributed by atoms with Crippen molar-refractivity contribution in [2.45, 2.75) is 33.1 Å². The van der Waals surface area contributed by atoms with Crippen molar-refractivity contribution in [2.24, 2.45) is 5.92 Å². The summed E-state index contributed by atoms with van der Waals surface area (Å²) in [4.78, 5) is 27.2. The molecular formula is C24H32N4O4S. The molecule has 1 heterocycles. The first-order valence-corrected chi connectivity index (χ1v) is 12.9. The number of carbonyl (C=O) groups is 2. The fourth-order valence-corrected chi connectivity index (χ4v) is 4.63. The lowest BCUT2D eigenvalue weighted by atomic mass is 10.1. The summed E-state index contributed by atoms with van der Waals surface area (Å²) in [6, 6.07) is 13.7. The summed E-state index contributed by atoms with van der Waals surface area (Å²) in [5.74, 6) is -1.53. The van der Waals surface area contributed by atoms with Gasteiger partial charge in [0.25, 0.3) is 5.91 Å². The normalized spacial score (nSPS) is 14.1. The number of amides is 2. The summed E-state index contributed by atoms with van der Waals surface area (Å²) in [7, 11) is -3.92. The van der Waals surface area contributed by atoms with Gasteiger partial charge in [0.2, 0.25) is 15.9 Å². The first-order chi connectivity index (χ1) is 15.7. The number of hydrogen-bond donors (Lipinski definition) is 3. The Hall–Kier alpha value is -3.07. The minimum absolute atomic E-state index is 0.268. The van der Waals surface area contributed by atoms with Crippen LogP contribution in [-0.4, -0.2) is 45.6 Å². The number of nitrogens with zero attached hydrogens (tertiary/aromatic N) is 1. The Morgan fingerprint density at radius 2 is 1.64 bits per heavy atom. The number of piperidine rings is 1. The summed E-state index contributed by atoms with van der Waals surface area (Å²) in [6.45, 7) is 6.46. The minimum atomic E-state index is -3.92. The van der Waals surface area contributed by atoms with Crippen LogP contribution in [0.4, 0.5) is 17.1 Å². The molecule has 1 aliphatic heterocycles. The Morgan fingerprint density at radius 1 is 0.970 bits per heavy atom. The molecule has 2 aromatic carbocycles.